The van der Waals surface area contributed by atoms with Crippen LogP contribution < -0.4 is 20.1 Å². The summed E-state index contributed by atoms with van der Waals surface area (Å²) in [5.41, 5.74) is 1.01. The van der Waals surface area contributed by atoms with E-state index in [1.54, 1.807) is 21.8 Å². The molecule has 184 valence electrons. The minimum Gasteiger partial charge on any atom is -0.549 e. The molecule has 0 aliphatic carbocycles. The zero-order valence-electron chi connectivity index (χ0n) is 18.9. The lowest BCUT2D eigenvalue weighted by Gasteiger charge is -2.34. The van der Waals surface area contributed by atoms with Crippen LogP contribution in [0.15, 0.2) is 24.3 Å². The maximum Gasteiger partial charge on any atom is 0.119 e. The van der Waals surface area contributed by atoms with Crippen LogP contribution in [0.3, 0.4) is 0 Å². The van der Waals surface area contributed by atoms with Crippen LogP contribution in [0.1, 0.15) is 5.56 Å². The number of carboxylic acid groups (broad SMARTS) is 3. The summed E-state index contributed by atoms with van der Waals surface area (Å²) in [5.74, 6) is -2.92. The maximum absolute atomic E-state index is 11.2. The van der Waals surface area contributed by atoms with E-state index < -0.39 is 17.9 Å². The van der Waals surface area contributed by atoms with Gasteiger partial charge in [0.25, 0.3) is 0 Å². The van der Waals surface area contributed by atoms with E-state index in [4.69, 9.17) is 4.74 Å². The molecule has 0 radical (unpaired) electrons. The van der Waals surface area contributed by atoms with Crippen LogP contribution in [-0.4, -0.2) is 117 Å². The van der Waals surface area contributed by atoms with Crippen molar-refractivity contribution in [1.29, 1.82) is 0 Å². The van der Waals surface area contributed by atoms with Gasteiger partial charge in [-0.2, -0.15) is 0 Å². The van der Waals surface area contributed by atoms with Crippen molar-refractivity contribution in [3.63, 3.8) is 0 Å². The van der Waals surface area contributed by atoms with Crippen LogP contribution in [0.5, 0.6) is 5.75 Å². The molecular formula is C22H31N4O7-3. The number of aliphatic carboxylic acids is 3. The summed E-state index contributed by atoms with van der Waals surface area (Å²) >= 11 is 0. The number of hydrogen-bond acceptors (Lipinski definition) is 11. The molecule has 0 aromatic heterocycles. The lowest BCUT2D eigenvalue weighted by Crippen LogP contribution is -2.51. The minimum absolute atomic E-state index is 0.261. The fraction of sp³-hybridized carbons (Fsp3) is 0.591. The Kier molecular flexibility index (Phi) is 11.0. The Hall–Kier alpha value is -2.73. The highest BCUT2D eigenvalue weighted by Crippen LogP contribution is 2.14. The van der Waals surface area contributed by atoms with Crippen molar-refractivity contribution in [1.82, 2.24) is 19.6 Å². The van der Waals surface area contributed by atoms with Gasteiger partial charge in [0.2, 0.25) is 0 Å². The molecule has 0 bridgehead atoms. The molecule has 11 nitrogen and oxygen atoms in total. The number of carbonyl (C=O) groups is 3. The van der Waals surface area contributed by atoms with Crippen molar-refractivity contribution in [2.24, 2.45) is 0 Å². The van der Waals surface area contributed by atoms with E-state index in [1.165, 1.54) is 0 Å². The van der Waals surface area contributed by atoms with Crippen molar-refractivity contribution >= 4 is 17.9 Å². The minimum atomic E-state index is -1.25. The number of ether oxygens (including phenoxy) is 1. The lowest BCUT2D eigenvalue weighted by molar-refractivity contribution is -0.308. The van der Waals surface area contributed by atoms with E-state index >= 15 is 0 Å². The van der Waals surface area contributed by atoms with Gasteiger partial charge in [-0.25, -0.2) is 0 Å². The van der Waals surface area contributed by atoms with Gasteiger partial charge in [0, 0.05) is 78.5 Å². The molecule has 1 heterocycles. The number of methoxy groups -OCH3 is 1. The number of hydrogen-bond donors (Lipinski definition) is 0. The molecule has 0 N–H and O–H groups in total. The molecule has 1 saturated heterocycles. The summed E-state index contributed by atoms with van der Waals surface area (Å²) < 4.78 is 5.28. The monoisotopic (exact) mass is 463 g/mol. The quantitative estimate of drug-likeness (QED) is 0.351. The van der Waals surface area contributed by atoms with Crippen LogP contribution in [0.2, 0.25) is 0 Å². The van der Waals surface area contributed by atoms with E-state index in [9.17, 15) is 29.7 Å². The van der Waals surface area contributed by atoms with Crippen LogP contribution in [0.4, 0.5) is 0 Å². The maximum atomic E-state index is 11.2. The molecule has 2 rings (SSSR count). The molecule has 0 unspecified atom stereocenters. The Balaban J connectivity index is 2.17. The molecule has 1 fully saturated rings. The number of carbonyl (C=O) groups excluding carboxylic acids is 3. The summed E-state index contributed by atoms with van der Waals surface area (Å²) in [6, 6.07) is 7.63. The normalized spacial score (nSPS) is 18.2. The van der Waals surface area contributed by atoms with Crippen LogP contribution in [0.25, 0.3) is 0 Å². The summed E-state index contributed by atoms with van der Waals surface area (Å²) in [6.45, 7) is 2.91. The first-order chi connectivity index (χ1) is 15.7. The predicted molar refractivity (Wildman–Crippen MR) is 113 cm³/mol. The Morgan fingerprint density at radius 1 is 0.727 bits per heavy atom. The highest BCUT2D eigenvalue weighted by atomic mass is 16.5. The second-order valence-corrected chi connectivity index (χ2v) is 8.07. The average Bonchev–Trinajstić information content (AvgIpc) is 2.74. The van der Waals surface area contributed by atoms with Gasteiger partial charge in [-0.1, -0.05) is 12.1 Å². The Bertz CT molecular complexity index is 760. The fourth-order valence-electron chi connectivity index (χ4n) is 3.79. The number of benzene rings is 1. The summed E-state index contributed by atoms with van der Waals surface area (Å²) in [6.07, 6.45) is 0. The van der Waals surface area contributed by atoms with Crippen molar-refractivity contribution in [3.05, 3.63) is 29.8 Å². The molecule has 1 aliphatic heterocycles. The van der Waals surface area contributed by atoms with E-state index in [0.717, 1.165) is 11.3 Å². The van der Waals surface area contributed by atoms with Gasteiger partial charge < -0.3 is 34.4 Å². The smallest absolute Gasteiger partial charge is 0.119 e. The van der Waals surface area contributed by atoms with E-state index in [0.29, 0.717) is 58.9 Å². The van der Waals surface area contributed by atoms with E-state index in [2.05, 4.69) is 4.90 Å². The highest BCUT2D eigenvalue weighted by molar-refractivity contribution is 5.67. The van der Waals surface area contributed by atoms with Gasteiger partial charge in [0.1, 0.15) is 5.75 Å². The average molecular weight is 464 g/mol. The van der Waals surface area contributed by atoms with Gasteiger partial charge in [-0.05, 0) is 17.7 Å². The fourth-order valence-corrected chi connectivity index (χ4v) is 3.79. The van der Waals surface area contributed by atoms with E-state index in [-0.39, 0.29) is 19.6 Å². The van der Waals surface area contributed by atoms with Crippen molar-refractivity contribution in [3.8, 4) is 5.75 Å². The molecule has 1 aromatic carbocycles. The molecule has 0 saturated carbocycles. The number of nitrogens with zero attached hydrogens (tertiary/aromatic N) is 4. The number of carboxylic acids is 3. The lowest BCUT2D eigenvalue weighted by atomic mass is 10.2. The molecule has 1 aromatic rings. The van der Waals surface area contributed by atoms with Crippen molar-refractivity contribution < 1.29 is 34.4 Å². The van der Waals surface area contributed by atoms with Gasteiger partial charge in [-0.3, -0.25) is 19.6 Å². The molecule has 0 atom stereocenters. The Morgan fingerprint density at radius 2 is 1.12 bits per heavy atom. The van der Waals surface area contributed by atoms with E-state index in [1.807, 2.05) is 24.3 Å². The zero-order valence-corrected chi connectivity index (χ0v) is 18.9. The van der Waals surface area contributed by atoms with Gasteiger partial charge in [0.15, 0.2) is 0 Å². The van der Waals surface area contributed by atoms with Crippen LogP contribution >= 0.6 is 0 Å². The highest BCUT2D eigenvalue weighted by Gasteiger charge is 2.17. The summed E-state index contributed by atoms with van der Waals surface area (Å²) in [7, 11) is 1.59. The standard InChI is InChI=1S/C22H34N4O7/c1-33-19-4-2-3-18(13-19)14-23-5-7-24(15-20(27)28)9-11-26(17-22(31)32)12-10-25(8-6-23)16-21(29)30/h2-4,13H,5-12,14-17H2,1H3,(H,27,28)(H,29,30)(H,31,32)/p-3. The first kappa shape index (κ1) is 26.5. The molecule has 0 amide bonds. The SMILES string of the molecule is COc1cccc(CN2CCN(CC(=O)[O-])CCN(CC(=O)[O-])CCN(CC(=O)[O-])CC2)c1. The third-order valence-electron chi connectivity index (χ3n) is 5.53. The summed E-state index contributed by atoms with van der Waals surface area (Å²) in [5, 5.41) is 33.6. The van der Waals surface area contributed by atoms with Crippen molar-refractivity contribution in [2.45, 2.75) is 6.54 Å². The largest absolute Gasteiger partial charge is 0.549 e. The Labute approximate surface area is 193 Å². The summed E-state index contributed by atoms with van der Waals surface area (Å²) in [4.78, 5) is 40.8. The second-order valence-electron chi connectivity index (χ2n) is 8.07. The molecule has 33 heavy (non-hydrogen) atoms. The molecular weight excluding hydrogens is 432 g/mol. The number of rotatable bonds is 9. The molecule has 1 aliphatic rings. The zero-order chi connectivity index (χ0) is 24.2. The first-order valence-electron chi connectivity index (χ1n) is 10.9. The van der Waals surface area contributed by atoms with Crippen LogP contribution in [0, 0.1) is 0 Å². The Morgan fingerprint density at radius 3 is 1.48 bits per heavy atom. The first-order valence-corrected chi connectivity index (χ1v) is 10.9. The predicted octanol–water partition coefficient (Wildman–Crippen LogP) is -4.33. The van der Waals surface area contributed by atoms with Gasteiger partial charge in [-0.15, -0.1) is 0 Å². The van der Waals surface area contributed by atoms with Gasteiger partial charge >= 0.3 is 0 Å². The van der Waals surface area contributed by atoms with Gasteiger partial charge in [0.05, 0.1) is 25.0 Å². The molecule has 11 heteroatoms. The second kappa shape index (κ2) is 13.7. The third-order valence-corrected chi connectivity index (χ3v) is 5.53. The molecule has 0 spiro atoms. The van der Waals surface area contributed by atoms with Crippen LogP contribution in [-0.2, 0) is 20.9 Å². The van der Waals surface area contributed by atoms with Crippen molar-refractivity contribution in [2.75, 3.05) is 79.1 Å². The topological polar surface area (TPSA) is 143 Å². The third kappa shape index (κ3) is 10.6.